The van der Waals surface area contributed by atoms with E-state index in [2.05, 4.69) is 33.0 Å². The smallest absolute Gasteiger partial charge is 0.340 e. The number of rotatable bonds is 7. The number of para-hydroxylation sites is 1. The molecule has 0 radical (unpaired) electrons. The first kappa shape index (κ1) is 33.8. The van der Waals surface area contributed by atoms with E-state index in [1.807, 2.05) is 31.3 Å². The Bertz CT molecular complexity index is 1390. The maximum atomic E-state index is 13.5. The van der Waals surface area contributed by atoms with Crippen LogP contribution in [0.4, 0.5) is 5.69 Å². The van der Waals surface area contributed by atoms with Crippen LogP contribution in [0, 0.1) is 50.7 Å². The zero-order valence-electron chi connectivity index (χ0n) is 29.8. The van der Waals surface area contributed by atoms with E-state index in [9.17, 15) is 20.1 Å². The number of hydrogen-bond acceptors (Lipinski definition) is 8. The Labute approximate surface area is 281 Å². The SMILES string of the molecule is CNc1ccccc1C(=O)O[C@H]1CC[C@@]2(C)C(C[C@@H](O)[C@]3(C)[C@@H]2CC[C@]24C[C@@]23CC[C@H]4C2C[C@H](C(O)C(C)(C)O)O[C@H]2OC)C1(C)C. The molecule has 0 bridgehead atoms. The van der Waals surface area contributed by atoms with Crippen molar-refractivity contribution in [3.63, 3.8) is 0 Å². The molecule has 13 atom stereocenters. The van der Waals surface area contributed by atoms with Gasteiger partial charge in [-0.25, -0.2) is 4.79 Å². The molecular weight excluding hydrogens is 594 g/mol. The van der Waals surface area contributed by atoms with Crippen LogP contribution in [-0.4, -0.2) is 71.8 Å². The van der Waals surface area contributed by atoms with Crippen molar-refractivity contribution in [2.24, 2.45) is 50.7 Å². The number of esters is 1. The van der Waals surface area contributed by atoms with Gasteiger partial charge < -0.3 is 34.8 Å². The van der Waals surface area contributed by atoms with Crippen LogP contribution >= 0.6 is 0 Å². The number of carbonyl (C=O) groups excluding carboxylic acids is 1. The van der Waals surface area contributed by atoms with Crippen molar-refractivity contribution in [2.45, 2.75) is 136 Å². The fourth-order valence-electron chi connectivity index (χ4n) is 13.5. The molecule has 0 aromatic heterocycles. The summed E-state index contributed by atoms with van der Waals surface area (Å²) < 4.78 is 18.5. The lowest BCUT2D eigenvalue weighted by Crippen LogP contribution is -2.66. The summed E-state index contributed by atoms with van der Waals surface area (Å²) in [5.41, 5.74) is -0.0943. The van der Waals surface area contributed by atoms with Gasteiger partial charge in [-0.2, -0.15) is 0 Å². The number of anilines is 1. The van der Waals surface area contributed by atoms with Gasteiger partial charge in [-0.3, -0.25) is 0 Å². The van der Waals surface area contributed by atoms with Gasteiger partial charge in [0.15, 0.2) is 6.29 Å². The van der Waals surface area contributed by atoms with Gasteiger partial charge in [0.1, 0.15) is 12.2 Å². The lowest BCUT2D eigenvalue weighted by Gasteiger charge is -2.68. The molecule has 0 spiro atoms. The molecule has 4 N–H and O–H groups in total. The fourth-order valence-corrected chi connectivity index (χ4v) is 13.5. The van der Waals surface area contributed by atoms with Crippen LogP contribution in [0.3, 0.4) is 0 Å². The van der Waals surface area contributed by atoms with Gasteiger partial charge in [0, 0.05) is 36.6 Å². The summed E-state index contributed by atoms with van der Waals surface area (Å²) in [5, 5.41) is 37.0. The van der Waals surface area contributed by atoms with Gasteiger partial charge in [-0.15, -0.1) is 0 Å². The van der Waals surface area contributed by atoms with Gasteiger partial charge in [-0.1, -0.05) is 39.8 Å². The van der Waals surface area contributed by atoms with Gasteiger partial charge in [0.2, 0.25) is 0 Å². The maximum absolute atomic E-state index is 13.5. The molecule has 1 heterocycles. The standard InChI is InChI=1S/C39H59NO7/c1-34(2)28-20-29(41)37(6)27(36(28,5)16-15-30(34)47-32(43)22-11-9-10-12-25(22)40-7)14-17-38-21-39(37,38)18-13-24(38)23-19-26(46-33(23)45-8)31(42)35(3,4)44/h9-12,23-24,26-31,33,40-42,44H,13-21H2,1-8H3/t23?,24-,26+,27+,28?,29+,30-,31?,33+,36+,37-,38+,39+/m0/s1. The topological polar surface area (TPSA) is 117 Å². The summed E-state index contributed by atoms with van der Waals surface area (Å²) in [7, 11) is 3.52. The molecule has 3 unspecified atom stereocenters. The number of aliphatic hydroxyl groups is 3. The Morgan fingerprint density at radius 3 is 2.45 bits per heavy atom. The lowest BCUT2D eigenvalue weighted by molar-refractivity contribution is -0.243. The highest BCUT2D eigenvalue weighted by molar-refractivity contribution is 5.95. The number of fused-ring (bicyclic) bond motifs is 3. The van der Waals surface area contributed by atoms with Crippen LogP contribution in [0.5, 0.6) is 0 Å². The van der Waals surface area contributed by atoms with E-state index in [1.165, 1.54) is 0 Å². The molecule has 1 aromatic carbocycles. The summed E-state index contributed by atoms with van der Waals surface area (Å²) in [6.07, 6.45) is 6.36. The molecule has 8 heteroatoms. The number of hydrogen-bond donors (Lipinski definition) is 4. The van der Waals surface area contributed by atoms with E-state index < -0.39 is 30.2 Å². The number of nitrogens with one attached hydrogen (secondary N) is 1. The molecule has 6 aliphatic rings. The Hall–Kier alpha value is -1.71. The van der Waals surface area contributed by atoms with E-state index >= 15 is 0 Å². The minimum absolute atomic E-state index is 0.0400. The Kier molecular flexibility index (Phi) is 7.83. The summed E-state index contributed by atoms with van der Waals surface area (Å²) in [6.45, 7) is 12.7. The molecule has 47 heavy (non-hydrogen) atoms. The van der Waals surface area contributed by atoms with Crippen LogP contribution in [0.25, 0.3) is 0 Å². The Balaban J connectivity index is 1.13. The van der Waals surface area contributed by atoms with Crippen LogP contribution < -0.4 is 5.32 Å². The van der Waals surface area contributed by atoms with E-state index in [0.29, 0.717) is 23.8 Å². The number of ether oxygens (including phenoxy) is 3. The minimum atomic E-state index is -1.25. The molecule has 262 valence electrons. The predicted molar refractivity (Wildman–Crippen MR) is 180 cm³/mol. The van der Waals surface area contributed by atoms with Gasteiger partial charge in [0.25, 0.3) is 0 Å². The molecule has 6 fully saturated rings. The largest absolute Gasteiger partial charge is 0.458 e. The van der Waals surface area contributed by atoms with E-state index in [0.717, 1.165) is 57.1 Å². The monoisotopic (exact) mass is 653 g/mol. The van der Waals surface area contributed by atoms with E-state index in [-0.39, 0.29) is 51.0 Å². The normalized spacial score (nSPS) is 47.2. The van der Waals surface area contributed by atoms with Crippen molar-refractivity contribution in [1.82, 2.24) is 0 Å². The second kappa shape index (κ2) is 10.9. The number of aliphatic hydroxyl groups excluding tert-OH is 2. The molecule has 7 rings (SSSR count). The number of methoxy groups -OCH3 is 1. The molecule has 5 saturated carbocycles. The number of carbonyl (C=O) groups is 1. The second-order valence-corrected chi connectivity index (χ2v) is 18.1. The summed E-state index contributed by atoms with van der Waals surface area (Å²) in [4.78, 5) is 13.5. The number of benzene rings is 1. The molecule has 8 nitrogen and oxygen atoms in total. The van der Waals surface area contributed by atoms with Crippen molar-refractivity contribution in [3.8, 4) is 0 Å². The highest BCUT2D eigenvalue weighted by Gasteiger charge is 2.86. The lowest BCUT2D eigenvalue weighted by atomic mass is 9.37. The zero-order chi connectivity index (χ0) is 33.9. The van der Waals surface area contributed by atoms with Crippen molar-refractivity contribution in [1.29, 1.82) is 0 Å². The molecule has 1 saturated heterocycles. The van der Waals surface area contributed by atoms with E-state index in [4.69, 9.17) is 14.2 Å². The second-order valence-electron chi connectivity index (χ2n) is 18.1. The molecule has 0 amide bonds. The summed E-state index contributed by atoms with van der Waals surface area (Å²) in [6, 6.07) is 7.52. The average Bonchev–Trinajstić information content (AvgIpc) is 3.35. The van der Waals surface area contributed by atoms with Crippen LogP contribution in [0.2, 0.25) is 0 Å². The first-order chi connectivity index (χ1) is 22.0. The van der Waals surface area contributed by atoms with Gasteiger partial charge in [-0.05, 0) is 118 Å². The minimum Gasteiger partial charge on any atom is -0.458 e. The van der Waals surface area contributed by atoms with Crippen molar-refractivity contribution in [2.75, 3.05) is 19.5 Å². The third-order valence-electron chi connectivity index (χ3n) is 15.7. The Morgan fingerprint density at radius 1 is 1.04 bits per heavy atom. The van der Waals surface area contributed by atoms with Crippen LogP contribution in [0.15, 0.2) is 24.3 Å². The average molecular weight is 654 g/mol. The summed E-state index contributed by atoms with van der Waals surface area (Å²) in [5.74, 6) is 0.916. The highest BCUT2D eigenvalue weighted by atomic mass is 16.7. The van der Waals surface area contributed by atoms with Crippen molar-refractivity contribution in [3.05, 3.63) is 29.8 Å². The quantitative estimate of drug-likeness (QED) is 0.258. The highest BCUT2D eigenvalue weighted by Crippen LogP contribution is 2.91. The fraction of sp³-hybridized carbons (Fsp3) is 0.821. The van der Waals surface area contributed by atoms with Crippen molar-refractivity contribution >= 4 is 11.7 Å². The van der Waals surface area contributed by atoms with Gasteiger partial charge in [0.05, 0.1) is 23.4 Å². The molecule has 1 aliphatic heterocycles. The van der Waals surface area contributed by atoms with Crippen molar-refractivity contribution < 1.29 is 34.3 Å². The van der Waals surface area contributed by atoms with Crippen LogP contribution in [-0.2, 0) is 14.2 Å². The third-order valence-corrected chi connectivity index (χ3v) is 15.7. The van der Waals surface area contributed by atoms with Crippen LogP contribution in [0.1, 0.15) is 110 Å². The molecule has 5 aliphatic carbocycles. The first-order valence-corrected chi connectivity index (χ1v) is 18.3. The van der Waals surface area contributed by atoms with E-state index in [1.54, 1.807) is 21.0 Å². The predicted octanol–water partition coefficient (Wildman–Crippen LogP) is 6.17. The third kappa shape index (κ3) is 4.46. The summed E-state index contributed by atoms with van der Waals surface area (Å²) >= 11 is 0. The molecule has 1 aromatic rings. The van der Waals surface area contributed by atoms with Gasteiger partial charge >= 0.3 is 5.97 Å². The zero-order valence-corrected chi connectivity index (χ0v) is 29.8. The Morgan fingerprint density at radius 2 is 1.77 bits per heavy atom. The maximum Gasteiger partial charge on any atom is 0.340 e. The molecular formula is C39H59NO7. The first-order valence-electron chi connectivity index (χ1n) is 18.3.